The average molecular weight is 513 g/mol. The van der Waals surface area contributed by atoms with Crippen molar-refractivity contribution in [1.82, 2.24) is 0 Å². The highest BCUT2D eigenvalue weighted by molar-refractivity contribution is 5.97. The number of rotatable bonds is 6. The number of benzene rings is 4. The summed E-state index contributed by atoms with van der Waals surface area (Å²) < 4.78 is 0. The molecule has 0 spiro atoms. The Labute approximate surface area is 220 Å². The Morgan fingerprint density at radius 3 is 0.846 bits per heavy atom. The molecule has 0 radical (unpaired) electrons. The molecule has 39 heavy (non-hydrogen) atoms. The van der Waals surface area contributed by atoms with Gasteiger partial charge in [-0.2, -0.15) is 0 Å². The van der Waals surface area contributed by atoms with E-state index in [9.17, 15) is 14.4 Å². The van der Waals surface area contributed by atoms with Gasteiger partial charge >= 0.3 is 0 Å². The summed E-state index contributed by atoms with van der Waals surface area (Å²) >= 11 is 0. The molecule has 0 N–H and O–H groups in total. The van der Waals surface area contributed by atoms with E-state index in [1.54, 1.807) is 72.8 Å². The number of carbonyl (C=O) groups is 3. The van der Waals surface area contributed by atoms with Crippen LogP contribution >= 0.6 is 0 Å². The first-order valence-electron chi connectivity index (χ1n) is 11.2. The van der Waals surface area contributed by atoms with Gasteiger partial charge in [-0.25, -0.2) is 0 Å². The summed E-state index contributed by atoms with van der Waals surface area (Å²) in [6.45, 7) is 0. The second kappa shape index (κ2) is 11.7. The Morgan fingerprint density at radius 1 is 0.410 bits per heavy atom. The van der Waals surface area contributed by atoms with Crippen molar-refractivity contribution >= 4 is 17.7 Å². The van der Waals surface area contributed by atoms with Gasteiger partial charge in [0.15, 0.2) is 0 Å². The molecular weight excluding hydrogens is 498 g/mol. The van der Waals surface area contributed by atoms with E-state index in [2.05, 4.69) is 30.1 Å². The number of hydrogen-bond acceptors (Lipinski definition) is 3. The van der Waals surface area contributed by atoms with E-state index in [1.807, 2.05) is 18.2 Å². The molecule has 0 aromatic heterocycles. The van der Waals surface area contributed by atoms with Crippen molar-refractivity contribution in [2.24, 2.45) is 15.3 Å². The number of hydrogen-bond donors (Lipinski definition) is 0. The van der Waals surface area contributed by atoms with E-state index >= 15 is 0 Å². The van der Waals surface area contributed by atoms with Crippen LogP contribution in [0.2, 0.25) is 0 Å². The molecule has 0 aliphatic carbocycles. The van der Waals surface area contributed by atoms with Gasteiger partial charge in [-0.05, 0) is 83.5 Å². The summed E-state index contributed by atoms with van der Waals surface area (Å²) in [5.74, 6) is -2.07. The minimum atomic E-state index is -0.691. The van der Waals surface area contributed by atoms with Crippen LogP contribution in [0.15, 0.2) is 106 Å². The van der Waals surface area contributed by atoms with Crippen molar-refractivity contribution in [2.45, 2.75) is 0 Å². The lowest BCUT2D eigenvalue weighted by atomic mass is 9.92. The van der Waals surface area contributed by atoms with Crippen molar-refractivity contribution in [3.05, 3.63) is 139 Å². The molecular formula is C27H15N9O3. The lowest BCUT2D eigenvalue weighted by molar-refractivity contribution is 0.0992. The molecule has 0 aliphatic heterocycles. The number of nitrogens with zero attached hydrogens (tertiary/aromatic N) is 9. The molecule has 0 saturated heterocycles. The van der Waals surface area contributed by atoms with Gasteiger partial charge < -0.3 is 0 Å². The normalized spacial score (nSPS) is 9.85. The maximum atomic E-state index is 11.9. The van der Waals surface area contributed by atoms with Crippen molar-refractivity contribution in [3.8, 4) is 33.4 Å². The Bertz CT molecular complexity index is 1520. The van der Waals surface area contributed by atoms with Crippen molar-refractivity contribution in [3.63, 3.8) is 0 Å². The standard InChI is InChI=1S/C27H15N9O3/c28-34-31-25(37)19-7-1-16(2-8-19)22-13-23(17-3-9-20(10-4-17)26(38)32-35-29)15-24(14-22)18-5-11-21(12-6-18)27(39)33-36-30/h1-15H. The molecule has 0 bridgehead atoms. The topological polar surface area (TPSA) is 197 Å². The number of azide groups is 3. The third-order valence-electron chi connectivity index (χ3n) is 5.74. The van der Waals surface area contributed by atoms with Gasteiger partial charge in [-0.3, -0.25) is 14.4 Å². The zero-order chi connectivity index (χ0) is 27.8. The van der Waals surface area contributed by atoms with E-state index in [0.29, 0.717) is 0 Å². The van der Waals surface area contributed by atoms with Crippen LogP contribution in [0.4, 0.5) is 0 Å². The fourth-order valence-electron chi connectivity index (χ4n) is 3.84. The highest BCUT2D eigenvalue weighted by Gasteiger charge is 2.11. The first kappa shape index (κ1) is 25.9. The van der Waals surface area contributed by atoms with Crippen molar-refractivity contribution in [1.29, 1.82) is 0 Å². The quantitative estimate of drug-likeness (QED) is 0.143. The van der Waals surface area contributed by atoms with Crippen LogP contribution in [0.1, 0.15) is 31.1 Å². The van der Waals surface area contributed by atoms with E-state index in [-0.39, 0.29) is 16.7 Å². The summed E-state index contributed by atoms with van der Waals surface area (Å²) in [5, 5.41) is 9.32. The lowest BCUT2D eigenvalue weighted by Gasteiger charge is -2.12. The fourth-order valence-corrected chi connectivity index (χ4v) is 3.84. The number of carbonyl (C=O) groups excluding carboxylic acids is 3. The smallest absolute Gasteiger partial charge is 0.249 e. The Kier molecular flexibility index (Phi) is 7.77. The molecule has 0 fully saturated rings. The highest BCUT2D eigenvalue weighted by atomic mass is 16.2. The van der Waals surface area contributed by atoms with Crippen LogP contribution in [0.25, 0.3) is 64.7 Å². The second-order valence-electron chi connectivity index (χ2n) is 8.01. The van der Waals surface area contributed by atoms with Crippen LogP contribution in [0.3, 0.4) is 0 Å². The van der Waals surface area contributed by atoms with Gasteiger partial charge in [0, 0.05) is 31.4 Å². The largest absolute Gasteiger partial charge is 0.287 e. The predicted octanol–water partition coefficient (Wildman–Crippen LogP) is 8.04. The van der Waals surface area contributed by atoms with Gasteiger partial charge in [0.2, 0.25) is 17.7 Å². The molecule has 0 aliphatic rings. The third-order valence-corrected chi connectivity index (χ3v) is 5.74. The third kappa shape index (κ3) is 5.97. The minimum absolute atomic E-state index is 0.244. The predicted molar refractivity (Wildman–Crippen MR) is 143 cm³/mol. The molecule has 4 aromatic carbocycles. The molecule has 4 rings (SSSR count). The lowest BCUT2D eigenvalue weighted by Crippen LogP contribution is -1.94. The fraction of sp³-hybridized carbons (Fsp3) is 0. The molecule has 0 atom stereocenters. The van der Waals surface area contributed by atoms with Crippen LogP contribution in [0, 0.1) is 0 Å². The summed E-state index contributed by atoms with van der Waals surface area (Å²) in [5.41, 5.74) is 31.0. The zero-order valence-electron chi connectivity index (χ0n) is 19.9. The Hall–Kier alpha value is -6.18. The maximum absolute atomic E-state index is 11.9. The maximum Gasteiger partial charge on any atom is 0.249 e. The molecule has 0 heterocycles. The monoisotopic (exact) mass is 513 g/mol. The van der Waals surface area contributed by atoms with E-state index in [1.165, 1.54) is 0 Å². The molecule has 0 unspecified atom stereocenters. The van der Waals surface area contributed by atoms with Gasteiger partial charge in [0.05, 0.1) is 0 Å². The van der Waals surface area contributed by atoms with Crippen molar-refractivity contribution in [2.75, 3.05) is 0 Å². The molecule has 12 heteroatoms. The molecule has 186 valence electrons. The van der Waals surface area contributed by atoms with Gasteiger partial charge in [0.1, 0.15) is 0 Å². The molecule has 12 nitrogen and oxygen atoms in total. The van der Waals surface area contributed by atoms with Gasteiger partial charge in [-0.15, -0.1) is 0 Å². The first-order valence-corrected chi connectivity index (χ1v) is 11.2. The summed E-state index contributed by atoms with van der Waals surface area (Å²) in [4.78, 5) is 43.2. The summed E-state index contributed by atoms with van der Waals surface area (Å²) in [7, 11) is 0. The highest BCUT2D eigenvalue weighted by Crippen LogP contribution is 2.33. The molecule has 0 saturated carbocycles. The van der Waals surface area contributed by atoms with E-state index in [0.717, 1.165) is 33.4 Å². The Morgan fingerprint density at radius 2 is 0.641 bits per heavy atom. The second-order valence-corrected chi connectivity index (χ2v) is 8.01. The molecule has 3 amide bonds. The Balaban J connectivity index is 1.80. The van der Waals surface area contributed by atoms with Crippen molar-refractivity contribution < 1.29 is 14.4 Å². The average Bonchev–Trinajstić information content (AvgIpc) is 2.97. The number of amides is 3. The minimum Gasteiger partial charge on any atom is -0.287 e. The van der Waals surface area contributed by atoms with Crippen LogP contribution in [-0.2, 0) is 0 Å². The van der Waals surface area contributed by atoms with Crippen LogP contribution in [0.5, 0.6) is 0 Å². The van der Waals surface area contributed by atoms with Gasteiger partial charge in [-0.1, -0.05) is 72.8 Å². The van der Waals surface area contributed by atoms with Gasteiger partial charge in [0.25, 0.3) is 0 Å². The summed E-state index contributed by atoms with van der Waals surface area (Å²) in [6, 6.07) is 25.5. The SMILES string of the molecule is [N-]=[N+]=NC(=O)c1ccc(-c2cc(-c3ccc(C(=O)N=[N+]=[N-])cc3)cc(-c3ccc(C(=O)N=[N+]=[N-])cc3)c2)cc1. The summed E-state index contributed by atoms with van der Waals surface area (Å²) in [6.07, 6.45) is 0. The van der Waals surface area contributed by atoms with E-state index < -0.39 is 17.7 Å². The zero-order valence-corrected chi connectivity index (χ0v) is 19.9. The van der Waals surface area contributed by atoms with Crippen LogP contribution < -0.4 is 0 Å². The van der Waals surface area contributed by atoms with Crippen LogP contribution in [-0.4, -0.2) is 17.7 Å². The van der Waals surface area contributed by atoms with E-state index in [4.69, 9.17) is 16.6 Å². The first-order chi connectivity index (χ1) is 18.9. The molecule has 4 aromatic rings.